The van der Waals surface area contributed by atoms with E-state index in [2.05, 4.69) is 56.6 Å². The summed E-state index contributed by atoms with van der Waals surface area (Å²) in [5.41, 5.74) is 3.34. The predicted octanol–water partition coefficient (Wildman–Crippen LogP) is 3.44. The standard InChI is InChI=1S/C16H20N2O/c1-5-18-10-14(17-15(18)11-19)12-6-8-13(9-7-12)16(2,3)4/h5-10,19H,1,11H2,2-4H3. The number of aliphatic hydroxyl groups excluding tert-OH is 1. The predicted molar refractivity (Wildman–Crippen MR) is 78.7 cm³/mol. The number of imidazole rings is 1. The zero-order chi connectivity index (χ0) is 14.0. The lowest BCUT2D eigenvalue weighted by atomic mass is 9.86. The van der Waals surface area contributed by atoms with E-state index in [9.17, 15) is 5.11 Å². The van der Waals surface area contributed by atoms with Crippen LogP contribution >= 0.6 is 0 Å². The first-order chi connectivity index (χ1) is 8.95. The summed E-state index contributed by atoms with van der Waals surface area (Å²) >= 11 is 0. The van der Waals surface area contributed by atoms with Gasteiger partial charge >= 0.3 is 0 Å². The van der Waals surface area contributed by atoms with Gasteiger partial charge in [-0.25, -0.2) is 4.98 Å². The van der Waals surface area contributed by atoms with Gasteiger partial charge in [-0.3, -0.25) is 0 Å². The molecule has 1 N–H and O–H groups in total. The van der Waals surface area contributed by atoms with Crippen LogP contribution in [0.5, 0.6) is 0 Å². The Labute approximate surface area is 114 Å². The van der Waals surface area contributed by atoms with E-state index in [1.807, 2.05) is 6.20 Å². The van der Waals surface area contributed by atoms with Gasteiger partial charge in [0.05, 0.1) is 5.69 Å². The third kappa shape index (κ3) is 2.76. The summed E-state index contributed by atoms with van der Waals surface area (Å²) in [5, 5.41) is 9.23. The number of benzene rings is 1. The van der Waals surface area contributed by atoms with Gasteiger partial charge in [0.1, 0.15) is 12.4 Å². The zero-order valence-corrected chi connectivity index (χ0v) is 11.7. The first-order valence-electron chi connectivity index (χ1n) is 6.38. The van der Waals surface area contributed by atoms with Gasteiger partial charge in [0, 0.05) is 18.0 Å². The Morgan fingerprint density at radius 1 is 1.26 bits per heavy atom. The molecular formula is C16H20N2O. The molecule has 0 amide bonds. The van der Waals surface area contributed by atoms with Crippen molar-refractivity contribution >= 4 is 6.20 Å². The summed E-state index contributed by atoms with van der Waals surface area (Å²) < 4.78 is 1.74. The Morgan fingerprint density at radius 2 is 1.89 bits per heavy atom. The average Bonchev–Trinajstić information content (AvgIpc) is 2.81. The van der Waals surface area contributed by atoms with Crippen molar-refractivity contribution in [2.45, 2.75) is 32.8 Å². The minimum Gasteiger partial charge on any atom is -0.388 e. The second kappa shape index (κ2) is 5.02. The van der Waals surface area contributed by atoms with Crippen LogP contribution in [-0.2, 0) is 12.0 Å². The van der Waals surface area contributed by atoms with Crippen molar-refractivity contribution < 1.29 is 5.11 Å². The van der Waals surface area contributed by atoms with E-state index >= 15 is 0 Å². The monoisotopic (exact) mass is 256 g/mol. The molecule has 0 radical (unpaired) electrons. The number of hydrogen-bond donors (Lipinski definition) is 1. The average molecular weight is 256 g/mol. The molecule has 0 aliphatic carbocycles. The lowest BCUT2D eigenvalue weighted by Crippen LogP contribution is -2.10. The molecule has 2 rings (SSSR count). The zero-order valence-electron chi connectivity index (χ0n) is 11.7. The van der Waals surface area contributed by atoms with Gasteiger partial charge in [0.2, 0.25) is 0 Å². The summed E-state index contributed by atoms with van der Waals surface area (Å²) in [4.78, 5) is 4.40. The molecule has 0 atom stereocenters. The van der Waals surface area contributed by atoms with Crippen molar-refractivity contribution in [3.05, 3.63) is 48.4 Å². The molecule has 3 heteroatoms. The van der Waals surface area contributed by atoms with Gasteiger partial charge in [-0.2, -0.15) is 0 Å². The van der Waals surface area contributed by atoms with Crippen molar-refractivity contribution in [1.82, 2.24) is 9.55 Å². The topological polar surface area (TPSA) is 38.0 Å². The highest BCUT2D eigenvalue weighted by Crippen LogP contribution is 2.25. The Morgan fingerprint density at radius 3 is 2.32 bits per heavy atom. The van der Waals surface area contributed by atoms with E-state index in [4.69, 9.17) is 0 Å². The summed E-state index contributed by atoms with van der Waals surface area (Å²) in [7, 11) is 0. The van der Waals surface area contributed by atoms with E-state index in [0.717, 1.165) is 11.3 Å². The van der Waals surface area contributed by atoms with Crippen molar-refractivity contribution in [1.29, 1.82) is 0 Å². The fourth-order valence-electron chi connectivity index (χ4n) is 1.99. The molecule has 1 aromatic heterocycles. The number of nitrogens with zero attached hydrogens (tertiary/aromatic N) is 2. The van der Waals surface area contributed by atoms with Crippen LogP contribution in [-0.4, -0.2) is 14.7 Å². The van der Waals surface area contributed by atoms with Crippen LogP contribution in [0.2, 0.25) is 0 Å². The van der Waals surface area contributed by atoms with Crippen LogP contribution in [0.1, 0.15) is 32.2 Å². The van der Waals surface area contributed by atoms with Gasteiger partial charge in [0.25, 0.3) is 0 Å². The van der Waals surface area contributed by atoms with Crippen LogP contribution in [0.25, 0.3) is 17.5 Å². The van der Waals surface area contributed by atoms with Crippen molar-refractivity contribution in [2.75, 3.05) is 0 Å². The number of rotatable bonds is 3. The van der Waals surface area contributed by atoms with E-state index in [1.54, 1.807) is 10.8 Å². The van der Waals surface area contributed by atoms with Gasteiger partial charge in [-0.15, -0.1) is 0 Å². The number of aliphatic hydroxyl groups is 1. The molecule has 0 spiro atoms. The highest BCUT2D eigenvalue weighted by Gasteiger charge is 2.14. The Bertz CT molecular complexity index is 574. The van der Waals surface area contributed by atoms with Gasteiger partial charge in [-0.05, 0) is 11.0 Å². The first kappa shape index (κ1) is 13.6. The maximum atomic E-state index is 9.23. The van der Waals surface area contributed by atoms with E-state index in [-0.39, 0.29) is 12.0 Å². The molecule has 3 nitrogen and oxygen atoms in total. The maximum absolute atomic E-state index is 9.23. The SMILES string of the molecule is C=Cn1cc(-c2ccc(C(C)(C)C)cc2)nc1CO. The molecule has 0 saturated carbocycles. The Hall–Kier alpha value is -1.87. The van der Waals surface area contributed by atoms with Crippen LogP contribution in [0.15, 0.2) is 37.0 Å². The van der Waals surface area contributed by atoms with E-state index in [1.165, 1.54) is 5.56 Å². The molecular weight excluding hydrogens is 236 g/mol. The molecule has 0 saturated heterocycles. The second-order valence-corrected chi connectivity index (χ2v) is 5.62. The largest absolute Gasteiger partial charge is 0.388 e. The molecule has 2 aromatic rings. The Kier molecular flexibility index (Phi) is 3.58. The molecule has 100 valence electrons. The van der Waals surface area contributed by atoms with Crippen LogP contribution in [0, 0.1) is 0 Å². The summed E-state index contributed by atoms with van der Waals surface area (Å²) in [6, 6.07) is 8.39. The molecule has 0 fully saturated rings. The third-order valence-electron chi connectivity index (χ3n) is 3.19. The minimum atomic E-state index is -0.0912. The molecule has 0 bridgehead atoms. The molecule has 1 aromatic carbocycles. The molecule has 0 aliphatic rings. The maximum Gasteiger partial charge on any atom is 0.139 e. The highest BCUT2D eigenvalue weighted by atomic mass is 16.3. The van der Waals surface area contributed by atoms with E-state index in [0.29, 0.717) is 5.82 Å². The fraction of sp³-hybridized carbons (Fsp3) is 0.312. The minimum absolute atomic E-state index is 0.0912. The van der Waals surface area contributed by atoms with Gasteiger partial charge in [-0.1, -0.05) is 51.6 Å². The first-order valence-corrected chi connectivity index (χ1v) is 6.38. The number of hydrogen-bond acceptors (Lipinski definition) is 2. The smallest absolute Gasteiger partial charge is 0.139 e. The van der Waals surface area contributed by atoms with Crippen molar-refractivity contribution in [3.63, 3.8) is 0 Å². The van der Waals surface area contributed by atoms with Crippen molar-refractivity contribution in [2.24, 2.45) is 0 Å². The van der Waals surface area contributed by atoms with Gasteiger partial charge in [0.15, 0.2) is 0 Å². The van der Waals surface area contributed by atoms with Crippen LogP contribution in [0.3, 0.4) is 0 Å². The highest BCUT2D eigenvalue weighted by molar-refractivity contribution is 5.60. The molecule has 0 unspecified atom stereocenters. The summed E-state index contributed by atoms with van der Waals surface area (Å²) in [6.07, 6.45) is 3.52. The summed E-state index contributed by atoms with van der Waals surface area (Å²) in [5.74, 6) is 0.602. The summed E-state index contributed by atoms with van der Waals surface area (Å²) in [6.45, 7) is 10.2. The molecule has 19 heavy (non-hydrogen) atoms. The fourth-order valence-corrected chi connectivity index (χ4v) is 1.99. The van der Waals surface area contributed by atoms with Crippen LogP contribution < -0.4 is 0 Å². The van der Waals surface area contributed by atoms with Gasteiger partial charge < -0.3 is 9.67 Å². The van der Waals surface area contributed by atoms with Crippen molar-refractivity contribution in [3.8, 4) is 11.3 Å². The lowest BCUT2D eigenvalue weighted by Gasteiger charge is -2.18. The third-order valence-corrected chi connectivity index (χ3v) is 3.19. The normalized spacial score (nSPS) is 11.6. The van der Waals surface area contributed by atoms with Crippen LogP contribution in [0.4, 0.5) is 0 Å². The number of aromatic nitrogens is 2. The molecule has 1 heterocycles. The second-order valence-electron chi connectivity index (χ2n) is 5.62. The quantitative estimate of drug-likeness (QED) is 0.913. The van der Waals surface area contributed by atoms with E-state index < -0.39 is 0 Å². The lowest BCUT2D eigenvalue weighted by molar-refractivity contribution is 0.270. The Balaban J connectivity index is 2.37. The molecule has 0 aliphatic heterocycles.